The summed E-state index contributed by atoms with van der Waals surface area (Å²) in [6.07, 6.45) is 10.6. The molecule has 29 heavy (non-hydrogen) atoms. The van der Waals surface area contributed by atoms with Crippen LogP contribution in [0.25, 0.3) is 10.6 Å². The van der Waals surface area contributed by atoms with Crippen LogP contribution < -0.4 is 4.74 Å². The van der Waals surface area contributed by atoms with Crippen LogP contribution in [-0.4, -0.2) is 29.4 Å². The molecule has 1 heterocycles. The second-order valence-corrected chi connectivity index (χ2v) is 8.22. The average molecular weight is 419 g/mol. The number of carbonyl (C=O) groups excluding carboxylic acids is 1. The van der Waals surface area contributed by atoms with Crippen molar-refractivity contribution in [3.05, 3.63) is 29.3 Å². The quantitative estimate of drug-likeness (QED) is 0.254. The van der Waals surface area contributed by atoms with Gasteiger partial charge in [-0.25, -0.2) is 0 Å². The van der Waals surface area contributed by atoms with Crippen molar-refractivity contribution in [2.45, 2.75) is 78.1 Å². The number of nitrogens with zero attached hydrogens (tertiary/aromatic N) is 2. The summed E-state index contributed by atoms with van der Waals surface area (Å²) in [6, 6.07) is 8.06. The number of aryl methyl sites for hydroxylation is 1. The summed E-state index contributed by atoms with van der Waals surface area (Å²) in [5, 5.41) is 10.8. The summed E-state index contributed by atoms with van der Waals surface area (Å²) < 4.78 is 10.7. The van der Waals surface area contributed by atoms with Crippen LogP contribution in [0, 0.1) is 0 Å². The Morgan fingerprint density at radius 3 is 2.45 bits per heavy atom. The van der Waals surface area contributed by atoms with Crippen molar-refractivity contribution < 1.29 is 14.3 Å². The maximum absolute atomic E-state index is 11.3. The third-order valence-electron chi connectivity index (χ3n) is 4.66. The van der Waals surface area contributed by atoms with Gasteiger partial charge >= 0.3 is 5.97 Å². The molecule has 0 fully saturated rings. The Morgan fingerprint density at radius 1 is 0.931 bits per heavy atom. The van der Waals surface area contributed by atoms with Gasteiger partial charge in [-0.15, -0.1) is 10.2 Å². The lowest BCUT2D eigenvalue weighted by Gasteiger charge is -2.06. The Kier molecular flexibility index (Phi) is 11.3. The molecule has 0 N–H and O–H groups in total. The van der Waals surface area contributed by atoms with E-state index in [0.29, 0.717) is 19.6 Å². The Bertz CT molecular complexity index is 700. The molecule has 0 unspecified atom stereocenters. The molecule has 1 aromatic heterocycles. The molecule has 6 heteroatoms. The van der Waals surface area contributed by atoms with Gasteiger partial charge in [0.05, 0.1) is 13.2 Å². The van der Waals surface area contributed by atoms with Gasteiger partial charge < -0.3 is 9.47 Å². The van der Waals surface area contributed by atoms with Crippen LogP contribution in [-0.2, 0) is 16.0 Å². The molecule has 0 saturated carbocycles. The molecule has 1 aromatic carbocycles. The van der Waals surface area contributed by atoms with Crippen LogP contribution in [0.2, 0.25) is 0 Å². The monoisotopic (exact) mass is 418 g/mol. The molecular weight excluding hydrogens is 384 g/mol. The first-order valence-corrected chi connectivity index (χ1v) is 11.8. The molecule has 0 aliphatic rings. The molecule has 0 aliphatic carbocycles. The first kappa shape index (κ1) is 23.3. The minimum absolute atomic E-state index is 0.111. The van der Waals surface area contributed by atoms with Crippen LogP contribution in [0.4, 0.5) is 0 Å². The number of carbonyl (C=O) groups is 1. The van der Waals surface area contributed by atoms with E-state index in [1.54, 1.807) is 11.3 Å². The molecular formula is C23H34N2O3S. The molecule has 0 atom stereocenters. The highest BCUT2D eigenvalue weighted by atomic mass is 32.1. The van der Waals surface area contributed by atoms with Crippen LogP contribution >= 0.6 is 11.3 Å². The van der Waals surface area contributed by atoms with Crippen molar-refractivity contribution in [2.24, 2.45) is 0 Å². The zero-order valence-electron chi connectivity index (χ0n) is 17.8. The van der Waals surface area contributed by atoms with Gasteiger partial charge in [-0.3, -0.25) is 4.79 Å². The third kappa shape index (κ3) is 9.39. The van der Waals surface area contributed by atoms with Crippen molar-refractivity contribution in [3.63, 3.8) is 0 Å². The summed E-state index contributed by atoms with van der Waals surface area (Å²) in [7, 11) is 0. The van der Waals surface area contributed by atoms with Gasteiger partial charge in [-0.2, -0.15) is 0 Å². The van der Waals surface area contributed by atoms with Crippen molar-refractivity contribution in [3.8, 4) is 16.3 Å². The van der Waals surface area contributed by atoms with Crippen molar-refractivity contribution in [2.75, 3.05) is 13.2 Å². The normalized spacial score (nSPS) is 10.8. The van der Waals surface area contributed by atoms with E-state index in [0.717, 1.165) is 47.0 Å². The van der Waals surface area contributed by atoms with Gasteiger partial charge in [0.15, 0.2) is 0 Å². The first-order chi connectivity index (χ1) is 14.2. The number of ether oxygens (including phenoxy) is 2. The second kappa shape index (κ2) is 14.1. The van der Waals surface area contributed by atoms with Crippen molar-refractivity contribution in [1.82, 2.24) is 10.2 Å². The molecule has 0 amide bonds. The van der Waals surface area contributed by atoms with E-state index in [9.17, 15) is 4.79 Å². The van der Waals surface area contributed by atoms with E-state index in [1.807, 2.05) is 31.2 Å². The van der Waals surface area contributed by atoms with Gasteiger partial charge in [-0.1, -0.05) is 43.9 Å². The Morgan fingerprint density at radius 2 is 1.69 bits per heavy atom. The number of rotatable bonds is 15. The molecule has 0 saturated heterocycles. The molecule has 0 spiro atoms. The number of hydrogen-bond acceptors (Lipinski definition) is 6. The smallest absolute Gasteiger partial charge is 0.305 e. The van der Waals surface area contributed by atoms with Crippen LogP contribution in [0.15, 0.2) is 24.3 Å². The van der Waals surface area contributed by atoms with E-state index in [-0.39, 0.29) is 5.97 Å². The Balaban J connectivity index is 1.66. The lowest BCUT2D eigenvalue weighted by atomic mass is 10.1. The number of unbranched alkanes of at least 4 members (excludes halogenated alkanes) is 6. The van der Waals surface area contributed by atoms with Gasteiger partial charge in [0.25, 0.3) is 0 Å². The van der Waals surface area contributed by atoms with Gasteiger partial charge in [0.1, 0.15) is 15.8 Å². The summed E-state index contributed by atoms with van der Waals surface area (Å²) >= 11 is 1.69. The topological polar surface area (TPSA) is 61.3 Å². The fraction of sp³-hybridized carbons (Fsp3) is 0.609. The second-order valence-electron chi connectivity index (χ2n) is 7.15. The van der Waals surface area contributed by atoms with E-state index in [1.165, 1.54) is 32.1 Å². The summed E-state index contributed by atoms with van der Waals surface area (Å²) in [6.45, 7) is 5.18. The third-order valence-corrected chi connectivity index (χ3v) is 5.69. The van der Waals surface area contributed by atoms with Crippen LogP contribution in [0.5, 0.6) is 5.75 Å². The van der Waals surface area contributed by atoms with Gasteiger partial charge in [0.2, 0.25) is 0 Å². The number of benzene rings is 1. The first-order valence-electron chi connectivity index (χ1n) is 10.9. The van der Waals surface area contributed by atoms with E-state index in [2.05, 4.69) is 17.1 Å². The SMILES string of the molecule is CCCCCCCc1nnc(-c2ccc(OCCCCCC(=O)OCC)cc2)s1. The summed E-state index contributed by atoms with van der Waals surface area (Å²) in [5.41, 5.74) is 1.08. The average Bonchev–Trinajstić information content (AvgIpc) is 3.20. The molecule has 160 valence electrons. The minimum Gasteiger partial charge on any atom is -0.494 e. The van der Waals surface area contributed by atoms with Gasteiger partial charge in [-0.05, 0) is 56.9 Å². The summed E-state index contributed by atoms with van der Waals surface area (Å²) in [5.74, 6) is 0.750. The predicted molar refractivity (Wildman–Crippen MR) is 118 cm³/mol. The predicted octanol–water partition coefficient (Wildman–Crippen LogP) is 6.22. The maximum atomic E-state index is 11.3. The fourth-order valence-electron chi connectivity index (χ4n) is 3.02. The standard InChI is InChI=1S/C23H34N2O3S/c1-3-5-6-7-9-12-21-24-25-23(29-21)19-14-16-20(17-15-19)28-18-11-8-10-13-22(26)27-4-2/h14-17H,3-13,18H2,1-2H3. The molecule has 2 aromatic rings. The highest BCUT2D eigenvalue weighted by Crippen LogP contribution is 2.26. The van der Waals surface area contributed by atoms with Crippen molar-refractivity contribution in [1.29, 1.82) is 0 Å². The number of esters is 1. The Hall–Kier alpha value is -1.95. The molecule has 0 bridgehead atoms. The van der Waals surface area contributed by atoms with Crippen molar-refractivity contribution >= 4 is 17.3 Å². The minimum atomic E-state index is -0.111. The molecule has 0 aliphatic heterocycles. The number of aromatic nitrogens is 2. The zero-order valence-corrected chi connectivity index (χ0v) is 18.6. The van der Waals surface area contributed by atoms with E-state index in [4.69, 9.17) is 9.47 Å². The van der Waals surface area contributed by atoms with Crippen LogP contribution in [0.1, 0.15) is 76.6 Å². The van der Waals surface area contributed by atoms with E-state index >= 15 is 0 Å². The molecule has 2 rings (SSSR count). The van der Waals surface area contributed by atoms with Gasteiger partial charge in [0, 0.05) is 18.4 Å². The Labute approximate surface area is 178 Å². The van der Waals surface area contributed by atoms with Crippen LogP contribution in [0.3, 0.4) is 0 Å². The largest absolute Gasteiger partial charge is 0.494 e. The number of hydrogen-bond donors (Lipinski definition) is 0. The van der Waals surface area contributed by atoms with E-state index < -0.39 is 0 Å². The zero-order chi connectivity index (χ0) is 20.7. The molecule has 5 nitrogen and oxygen atoms in total. The highest BCUT2D eigenvalue weighted by Gasteiger charge is 2.07. The maximum Gasteiger partial charge on any atom is 0.305 e. The lowest BCUT2D eigenvalue weighted by Crippen LogP contribution is -2.04. The molecule has 0 radical (unpaired) electrons. The fourth-order valence-corrected chi connectivity index (χ4v) is 3.90. The summed E-state index contributed by atoms with van der Waals surface area (Å²) in [4.78, 5) is 11.3. The lowest BCUT2D eigenvalue weighted by molar-refractivity contribution is -0.143. The highest BCUT2D eigenvalue weighted by molar-refractivity contribution is 7.14.